The van der Waals surface area contributed by atoms with Crippen molar-refractivity contribution in [1.82, 2.24) is 5.32 Å². The van der Waals surface area contributed by atoms with Crippen LogP contribution in [-0.4, -0.2) is 24.4 Å². The Kier molecular flexibility index (Phi) is 2.91. The van der Waals surface area contributed by atoms with E-state index in [4.69, 9.17) is 4.74 Å². The van der Waals surface area contributed by atoms with Gasteiger partial charge in [-0.05, 0) is 24.6 Å². The second-order valence-corrected chi connectivity index (χ2v) is 3.68. The van der Waals surface area contributed by atoms with Crippen LogP contribution in [0.5, 0.6) is 0 Å². The number of nitrogens with one attached hydrogen (secondary N) is 1. The molecule has 1 aliphatic rings. The van der Waals surface area contributed by atoms with Gasteiger partial charge in [0.2, 0.25) is 0 Å². The molecule has 0 aliphatic carbocycles. The van der Waals surface area contributed by atoms with Crippen molar-refractivity contribution in [2.75, 3.05) is 6.61 Å². The predicted octanol–water partition coefficient (Wildman–Crippen LogP) is 1.14. The molecular weight excluding hydrogens is 222 g/mol. The van der Waals surface area contributed by atoms with Crippen LogP contribution in [0.3, 0.4) is 0 Å². The van der Waals surface area contributed by atoms with E-state index < -0.39 is 17.8 Å². The Hall–Kier alpha value is -2.17. The molecule has 0 aromatic heterocycles. The Labute approximate surface area is 97.8 Å². The number of carbonyl (C=O) groups excluding carboxylic acids is 3. The summed E-state index contributed by atoms with van der Waals surface area (Å²) in [4.78, 5) is 34.2. The molecule has 1 aliphatic heterocycles. The number of carbonyl (C=O) groups is 3. The highest BCUT2D eigenvalue weighted by Crippen LogP contribution is 2.17. The Morgan fingerprint density at radius 3 is 2.65 bits per heavy atom. The summed E-state index contributed by atoms with van der Waals surface area (Å²) in [5, 5.41) is 2.16. The first-order chi connectivity index (χ1) is 8.13. The summed E-state index contributed by atoms with van der Waals surface area (Å²) in [6.07, 6.45) is 0.732. The van der Waals surface area contributed by atoms with E-state index in [0.717, 1.165) is 6.42 Å². The molecule has 1 heterocycles. The van der Waals surface area contributed by atoms with Crippen LogP contribution in [0.25, 0.3) is 0 Å². The van der Waals surface area contributed by atoms with Gasteiger partial charge in [0, 0.05) is 0 Å². The SMILES string of the molecule is CCCOC(=O)c1ccc2c(c1)C(=O)NC2=O. The zero-order valence-electron chi connectivity index (χ0n) is 9.28. The minimum absolute atomic E-state index is 0.223. The second kappa shape index (κ2) is 4.37. The van der Waals surface area contributed by atoms with Gasteiger partial charge < -0.3 is 4.74 Å². The Balaban J connectivity index is 2.28. The van der Waals surface area contributed by atoms with Crippen molar-refractivity contribution < 1.29 is 19.1 Å². The van der Waals surface area contributed by atoms with E-state index in [1.54, 1.807) is 0 Å². The van der Waals surface area contributed by atoms with Gasteiger partial charge >= 0.3 is 5.97 Å². The van der Waals surface area contributed by atoms with E-state index in [1.165, 1.54) is 18.2 Å². The van der Waals surface area contributed by atoms with Gasteiger partial charge in [0.05, 0.1) is 23.3 Å². The first kappa shape index (κ1) is 11.3. The van der Waals surface area contributed by atoms with E-state index in [0.29, 0.717) is 12.2 Å². The molecule has 88 valence electrons. The van der Waals surface area contributed by atoms with Gasteiger partial charge in [-0.1, -0.05) is 6.92 Å². The summed E-state index contributed by atoms with van der Waals surface area (Å²) in [5.74, 6) is -1.39. The largest absolute Gasteiger partial charge is 0.462 e. The molecule has 0 radical (unpaired) electrons. The molecule has 1 N–H and O–H groups in total. The number of amides is 2. The molecule has 5 heteroatoms. The van der Waals surface area contributed by atoms with E-state index in [9.17, 15) is 14.4 Å². The van der Waals surface area contributed by atoms with Gasteiger partial charge in [-0.2, -0.15) is 0 Å². The van der Waals surface area contributed by atoms with Crippen LogP contribution >= 0.6 is 0 Å². The highest BCUT2D eigenvalue weighted by Gasteiger charge is 2.27. The summed E-state index contributed by atoms with van der Waals surface area (Å²) >= 11 is 0. The Morgan fingerprint density at radius 2 is 1.94 bits per heavy atom. The van der Waals surface area contributed by atoms with E-state index in [-0.39, 0.29) is 11.1 Å². The molecule has 0 saturated heterocycles. The number of hydrogen-bond acceptors (Lipinski definition) is 4. The molecule has 0 bridgehead atoms. The molecule has 2 rings (SSSR count). The fourth-order valence-electron chi connectivity index (χ4n) is 1.57. The number of benzene rings is 1. The number of ether oxygens (including phenoxy) is 1. The van der Waals surface area contributed by atoms with Crippen molar-refractivity contribution in [3.05, 3.63) is 34.9 Å². The third kappa shape index (κ3) is 2.04. The van der Waals surface area contributed by atoms with Crippen molar-refractivity contribution in [2.45, 2.75) is 13.3 Å². The van der Waals surface area contributed by atoms with Crippen LogP contribution in [0.4, 0.5) is 0 Å². The Morgan fingerprint density at radius 1 is 1.24 bits per heavy atom. The lowest BCUT2D eigenvalue weighted by molar-refractivity contribution is 0.0505. The van der Waals surface area contributed by atoms with Crippen molar-refractivity contribution in [3.8, 4) is 0 Å². The zero-order chi connectivity index (χ0) is 12.4. The fraction of sp³-hybridized carbons (Fsp3) is 0.250. The summed E-state index contributed by atoms with van der Waals surface area (Å²) < 4.78 is 4.94. The maximum atomic E-state index is 11.6. The molecule has 5 nitrogen and oxygen atoms in total. The van der Waals surface area contributed by atoms with E-state index in [2.05, 4.69) is 5.32 Å². The fourth-order valence-corrected chi connectivity index (χ4v) is 1.57. The number of imide groups is 1. The summed E-state index contributed by atoms with van der Waals surface area (Å²) in [5.41, 5.74) is 0.796. The van der Waals surface area contributed by atoms with Crippen molar-refractivity contribution >= 4 is 17.8 Å². The van der Waals surface area contributed by atoms with Crippen molar-refractivity contribution in [2.24, 2.45) is 0 Å². The molecule has 0 atom stereocenters. The molecule has 0 saturated carbocycles. The summed E-state index contributed by atoms with van der Waals surface area (Å²) in [7, 11) is 0. The van der Waals surface area contributed by atoms with Crippen LogP contribution in [0.15, 0.2) is 18.2 Å². The average molecular weight is 233 g/mol. The van der Waals surface area contributed by atoms with E-state index >= 15 is 0 Å². The van der Waals surface area contributed by atoms with Crippen LogP contribution < -0.4 is 5.32 Å². The number of esters is 1. The lowest BCUT2D eigenvalue weighted by Gasteiger charge is -2.03. The maximum Gasteiger partial charge on any atom is 0.338 e. The van der Waals surface area contributed by atoms with Gasteiger partial charge in [0.1, 0.15) is 0 Å². The van der Waals surface area contributed by atoms with Gasteiger partial charge in [0.15, 0.2) is 0 Å². The monoisotopic (exact) mass is 233 g/mol. The maximum absolute atomic E-state index is 11.6. The van der Waals surface area contributed by atoms with Gasteiger partial charge in [-0.25, -0.2) is 4.79 Å². The normalized spacial score (nSPS) is 13.2. The minimum Gasteiger partial charge on any atom is -0.462 e. The molecule has 1 aromatic rings. The topological polar surface area (TPSA) is 72.5 Å². The van der Waals surface area contributed by atoms with Gasteiger partial charge in [-0.15, -0.1) is 0 Å². The third-order valence-corrected chi connectivity index (χ3v) is 2.41. The van der Waals surface area contributed by atoms with Crippen molar-refractivity contribution in [3.63, 3.8) is 0 Å². The van der Waals surface area contributed by atoms with Gasteiger partial charge in [-0.3, -0.25) is 14.9 Å². The lowest BCUT2D eigenvalue weighted by atomic mass is 10.1. The van der Waals surface area contributed by atoms with E-state index in [1.807, 2.05) is 6.92 Å². The van der Waals surface area contributed by atoms with Crippen LogP contribution in [-0.2, 0) is 4.74 Å². The number of rotatable bonds is 3. The molecule has 1 aromatic carbocycles. The molecular formula is C12H11NO4. The molecule has 0 fully saturated rings. The standard InChI is InChI=1S/C12H11NO4/c1-2-5-17-12(16)7-3-4-8-9(6-7)11(15)13-10(8)14/h3-4,6H,2,5H2,1H3,(H,13,14,15). The van der Waals surface area contributed by atoms with Crippen LogP contribution in [0, 0.1) is 0 Å². The quantitative estimate of drug-likeness (QED) is 0.627. The first-order valence-corrected chi connectivity index (χ1v) is 5.30. The zero-order valence-corrected chi connectivity index (χ0v) is 9.28. The summed E-state index contributed by atoms with van der Waals surface area (Å²) in [6.45, 7) is 2.23. The predicted molar refractivity (Wildman–Crippen MR) is 58.8 cm³/mol. The number of hydrogen-bond donors (Lipinski definition) is 1. The average Bonchev–Trinajstić information content (AvgIpc) is 2.61. The van der Waals surface area contributed by atoms with Crippen LogP contribution in [0.1, 0.15) is 44.4 Å². The Bertz CT molecular complexity index is 507. The highest BCUT2D eigenvalue weighted by molar-refractivity contribution is 6.22. The molecule has 0 unspecified atom stereocenters. The van der Waals surface area contributed by atoms with Crippen molar-refractivity contribution in [1.29, 1.82) is 0 Å². The molecule has 17 heavy (non-hydrogen) atoms. The first-order valence-electron chi connectivity index (χ1n) is 5.30. The second-order valence-electron chi connectivity index (χ2n) is 3.68. The van der Waals surface area contributed by atoms with Crippen LogP contribution in [0.2, 0.25) is 0 Å². The molecule has 0 spiro atoms. The number of fused-ring (bicyclic) bond motifs is 1. The lowest BCUT2D eigenvalue weighted by Crippen LogP contribution is -2.19. The minimum atomic E-state index is -0.484. The summed E-state index contributed by atoms with van der Waals surface area (Å²) in [6, 6.07) is 4.32. The van der Waals surface area contributed by atoms with Gasteiger partial charge in [0.25, 0.3) is 11.8 Å². The molecule has 2 amide bonds. The highest BCUT2D eigenvalue weighted by atomic mass is 16.5. The smallest absolute Gasteiger partial charge is 0.338 e. The third-order valence-electron chi connectivity index (χ3n) is 2.41.